The highest BCUT2D eigenvalue weighted by Gasteiger charge is 2.14. The lowest BCUT2D eigenvalue weighted by Gasteiger charge is -2.22. The lowest BCUT2D eigenvalue weighted by Crippen LogP contribution is -2.48. The Labute approximate surface area is 159 Å². The standard InChI is InChI=1S/C20H24N2O3S/c1-20(2,3)22-19(26)21-18(23)15-9-11-17(12-10-15)25-14-13-24-16-7-5-4-6-8-16/h4-12H,13-14H2,1-3H3,(H2,21,22,23,26). The van der Waals surface area contributed by atoms with Crippen molar-refractivity contribution in [1.82, 2.24) is 10.6 Å². The maximum absolute atomic E-state index is 12.2. The van der Waals surface area contributed by atoms with Crippen LogP contribution in [0.3, 0.4) is 0 Å². The summed E-state index contributed by atoms with van der Waals surface area (Å²) >= 11 is 5.13. The number of rotatable bonds is 6. The van der Waals surface area contributed by atoms with E-state index in [1.54, 1.807) is 24.3 Å². The van der Waals surface area contributed by atoms with E-state index in [1.165, 1.54) is 0 Å². The molecule has 2 N–H and O–H groups in total. The third-order valence-electron chi connectivity index (χ3n) is 3.20. The predicted octanol–water partition coefficient (Wildman–Crippen LogP) is 3.55. The molecule has 2 rings (SSSR count). The molecule has 6 heteroatoms. The third kappa shape index (κ3) is 7.11. The van der Waals surface area contributed by atoms with Crippen molar-refractivity contribution in [3.63, 3.8) is 0 Å². The zero-order valence-electron chi connectivity index (χ0n) is 15.2. The van der Waals surface area contributed by atoms with Crippen LogP contribution in [0.4, 0.5) is 0 Å². The van der Waals surface area contributed by atoms with E-state index in [4.69, 9.17) is 21.7 Å². The van der Waals surface area contributed by atoms with Gasteiger partial charge in [0.15, 0.2) is 5.11 Å². The summed E-state index contributed by atoms with van der Waals surface area (Å²) in [5.41, 5.74) is 0.306. The molecule has 0 aromatic heterocycles. The van der Waals surface area contributed by atoms with Gasteiger partial charge in [-0.2, -0.15) is 0 Å². The molecule has 0 aliphatic rings. The molecule has 0 atom stereocenters. The average molecular weight is 372 g/mol. The van der Waals surface area contributed by atoms with Gasteiger partial charge in [0, 0.05) is 11.1 Å². The summed E-state index contributed by atoms with van der Waals surface area (Å²) in [6, 6.07) is 16.5. The largest absolute Gasteiger partial charge is 0.490 e. The molecule has 0 aliphatic heterocycles. The molecule has 0 heterocycles. The second kappa shape index (κ2) is 9.20. The number of nitrogens with one attached hydrogen (secondary N) is 2. The number of benzene rings is 2. The molecule has 138 valence electrons. The van der Waals surface area contributed by atoms with Gasteiger partial charge in [-0.15, -0.1) is 0 Å². The van der Waals surface area contributed by atoms with E-state index in [2.05, 4.69) is 10.6 Å². The molecule has 0 spiro atoms. The van der Waals surface area contributed by atoms with Gasteiger partial charge in [-0.25, -0.2) is 0 Å². The van der Waals surface area contributed by atoms with Crippen LogP contribution in [0.25, 0.3) is 0 Å². The molecule has 0 radical (unpaired) electrons. The fraction of sp³-hybridized carbons (Fsp3) is 0.300. The SMILES string of the molecule is CC(C)(C)NC(=S)NC(=O)c1ccc(OCCOc2ccccc2)cc1. The average Bonchev–Trinajstić information content (AvgIpc) is 2.58. The van der Waals surface area contributed by atoms with Gasteiger partial charge in [0.1, 0.15) is 24.7 Å². The molecular formula is C20H24N2O3S. The van der Waals surface area contributed by atoms with Crippen LogP contribution >= 0.6 is 12.2 Å². The zero-order chi connectivity index (χ0) is 19.0. The minimum Gasteiger partial charge on any atom is -0.490 e. The number of amides is 1. The molecule has 0 aliphatic carbocycles. The molecule has 0 saturated carbocycles. The quantitative estimate of drug-likeness (QED) is 0.600. The Kier molecular flexibility index (Phi) is 6.97. The summed E-state index contributed by atoms with van der Waals surface area (Å²) in [7, 11) is 0. The van der Waals surface area contributed by atoms with Gasteiger partial charge in [0.25, 0.3) is 5.91 Å². The van der Waals surface area contributed by atoms with E-state index < -0.39 is 0 Å². The first-order chi connectivity index (χ1) is 12.3. The van der Waals surface area contributed by atoms with Crippen LogP contribution in [0.5, 0.6) is 11.5 Å². The minimum absolute atomic E-state index is 0.204. The number of carbonyl (C=O) groups is 1. The number of hydrogen-bond donors (Lipinski definition) is 2. The Balaban J connectivity index is 1.76. The van der Waals surface area contributed by atoms with Crippen molar-refractivity contribution < 1.29 is 14.3 Å². The van der Waals surface area contributed by atoms with Gasteiger partial charge in [-0.05, 0) is 69.4 Å². The molecule has 0 fully saturated rings. The number of thiocarbonyl (C=S) groups is 1. The first-order valence-corrected chi connectivity index (χ1v) is 8.78. The second-order valence-electron chi connectivity index (χ2n) is 6.69. The first-order valence-electron chi connectivity index (χ1n) is 8.38. The smallest absolute Gasteiger partial charge is 0.257 e. The van der Waals surface area contributed by atoms with E-state index in [0.717, 1.165) is 5.75 Å². The van der Waals surface area contributed by atoms with Crippen molar-refractivity contribution in [2.75, 3.05) is 13.2 Å². The van der Waals surface area contributed by atoms with Crippen LogP contribution < -0.4 is 20.1 Å². The van der Waals surface area contributed by atoms with Gasteiger partial charge in [0.2, 0.25) is 0 Å². The van der Waals surface area contributed by atoms with E-state index >= 15 is 0 Å². The third-order valence-corrected chi connectivity index (χ3v) is 3.40. The number of carbonyl (C=O) groups excluding carboxylic acids is 1. The molecule has 1 amide bonds. The van der Waals surface area contributed by atoms with Gasteiger partial charge in [0.05, 0.1) is 0 Å². The minimum atomic E-state index is -0.259. The lowest BCUT2D eigenvalue weighted by atomic mass is 10.1. The fourth-order valence-electron chi connectivity index (χ4n) is 2.09. The monoisotopic (exact) mass is 372 g/mol. The Hall–Kier alpha value is -2.60. The van der Waals surface area contributed by atoms with Crippen molar-refractivity contribution in [2.24, 2.45) is 0 Å². The zero-order valence-corrected chi connectivity index (χ0v) is 16.1. The normalized spacial score (nSPS) is 10.7. The first kappa shape index (κ1) is 19.7. The molecular weight excluding hydrogens is 348 g/mol. The van der Waals surface area contributed by atoms with Gasteiger partial charge in [-0.1, -0.05) is 18.2 Å². The number of hydrogen-bond acceptors (Lipinski definition) is 4. The van der Waals surface area contributed by atoms with Crippen molar-refractivity contribution in [1.29, 1.82) is 0 Å². The Bertz CT molecular complexity index is 725. The molecule has 0 saturated heterocycles. The second-order valence-corrected chi connectivity index (χ2v) is 7.10. The van der Waals surface area contributed by atoms with Crippen molar-refractivity contribution >= 4 is 23.2 Å². The maximum Gasteiger partial charge on any atom is 0.257 e. The summed E-state index contributed by atoms with van der Waals surface area (Å²) in [4.78, 5) is 12.2. The highest BCUT2D eigenvalue weighted by molar-refractivity contribution is 7.80. The van der Waals surface area contributed by atoms with E-state index in [0.29, 0.717) is 29.6 Å². The number of para-hydroxylation sites is 1. The highest BCUT2D eigenvalue weighted by atomic mass is 32.1. The Morgan fingerprint density at radius 3 is 2.00 bits per heavy atom. The maximum atomic E-state index is 12.2. The molecule has 26 heavy (non-hydrogen) atoms. The summed E-state index contributed by atoms with van der Waals surface area (Å²) < 4.78 is 11.2. The summed E-state index contributed by atoms with van der Waals surface area (Å²) in [5.74, 6) is 1.22. The van der Waals surface area contributed by atoms with Crippen molar-refractivity contribution in [3.8, 4) is 11.5 Å². The predicted molar refractivity (Wildman–Crippen MR) is 107 cm³/mol. The van der Waals surface area contributed by atoms with Crippen molar-refractivity contribution in [3.05, 3.63) is 60.2 Å². The van der Waals surface area contributed by atoms with Crippen LogP contribution in [-0.4, -0.2) is 29.8 Å². The van der Waals surface area contributed by atoms with Gasteiger partial charge >= 0.3 is 0 Å². The van der Waals surface area contributed by atoms with E-state index in [1.807, 2.05) is 51.1 Å². The molecule has 0 unspecified atom stereocenters. The molecule has 2 aromatic carbocycles. The summed E-state index contributed by atoms with van der Waals surface area (Å²) in [6.45, 7) is 6.77. The molecule has 0 bridgehead atoms. The van der Waals surface area contributed by atoms with Crippen LogP contribution in [0, 0.1) is 0 Å². The fourth-order valence-corrected chi connectivity index (χ4v) is 2.48. The van der Waals surface area contributed by atoms with E-state index in [9.17, 15) is 4.79 Å². The lowest BCUT2D eigenvalue weighted by molar-refractivity contribution is 0.0976. The Morgan fingerprint density at radius 2 is 1.46 bits per heavy atom. The molecule has 5 nitrogen and oxygen atoms in total. The van der Waals surface area contributed by atoms with Crippen LogP contribution in [0.2, 0.25) is 0 Å². The topological polar surface area (TPSA) is 59.6 Å². The van der Waals surface area contributed by atoms with Gasteiger partial charge in [-0.3, -0.25) is 10.1 Å². The highest BCUT2D eigenvalue weighted by Crippen LogP contribution is 2.13. The number of ether oxygens (including phenoxy) is 2. The van der Waals surface area contributed by atoms with Crippen LogP contribution in [-0.2, 0) is 0 Å². The summed E-state index contributed by atoms with van der Waals surface area (Å²) in [5, 5.41) is 6.01. The molecule has 2 aromatic rings. The van der Waals surface area contributed by atoms with Crippen LogP contribution in [0.15, 0.2) is 54.6 Å². The van der Waals surface area contributed by atoms with Gasteiger partial charge < -0.3 is 14.8 Å². The summed E-state index contributed by atoms with van der Waals surface area (Å²) in [6.07, 6.45) is 0. The Morgan fingerprint density at radius 1 is 0.923 bits per heavy atom. The van der Waals surface area contributed by atoms with Crippen LogP contribution in [0.1, 0.15) is 31.1 Å². The van der Waals surface area contributed by atoms with E-state index in [-0.39, 0.29) is 11.4 Å². The van der Waals surface area contributed by atoms with Crippen molar-refractivity contribution in [2.45, 2.75) is 26.3 Å².